The first-order chi connectivity index (χ1) is 9.20. The van der Waals surface area contributed by atoms with E-state index in [9.17, 15) is 10.1 Å². The Kier molecular flexibility index (Phi) is 4.74. The number of rotatable bonds is 6. The molecule has 1 N–H and O–H groups in total. The van der Waals surface area contributed by atoms with Gasteiger partial charge in [-0.3, -0.25) is 10.1 Å². The number of nitro benzene ring substituents is 1. The van der Waals surface area contributed by atoms with Crippen molar-refractivity contribution in [3.8, 4) is 0 Å². The second-order valence-corrected chi connectivity index (χ2v) is 5.02. The summed E-state index contributed by atoms with van der Waals surface area (Å²) >= 11 is 0. The molecule has 0 unspecified atom stereocenters. The third kappa shape index (κ3) is 3.67. The minimum Gasteiger partial charge on any atom is -0.383 e. The number of hydrogen-bond donors (Lipinski definition) is 1. The maximum atomic E-state index is 10.8. The quantitative estimate of drug-likeness (QED) is 0.632. The maximum Gasteiger partial charge on any atom is 0.292 e. The summed E-state index contributed by atoms with van der Waals surface area (Å²) in [6.45, 7) is 1.31. The minimum absolute atomic E-state index is 0.0991. The van der Waals surface area contributed by atoms with E-state index >= 15 is 0 Å². The van der Waals surface area contributed by atoms with Gasteiger partial charge in [-0.05, 0) is 36.5 Å². The zero-order valence-electron chi connectivity index (χ0n) is 11.2. The lowest BCUT2D eigenvalue weighted by molar-refractivity contribution is -0.384. The number of benzene rings is 1. The van der Waals surface area contributed by atoms with Gasteiger partial charge in [0, 0.05) is 19.7 Å². The van der Waals surface area contributed by atoms with Crippen LogP contribution in [-0.2, 0) is 11.3 Å². The molecule has 0 bridgehead atoms. The topological polar surface area (TPSA) is 64.4 Å². The summed E-state index contributed by atoms with van der Waals surface area (Å²) in [5.41, 5.74) is 1.60. The fraction of sp³-hybridized carbons (Fsp3) is 0.571. The molecule has 1 aliphatic carbocycles. The van der Waals surface area contributed by atoms with Crippen LogP contribution in [0.25, 0.3) is 0 Å². The summed E-state index contributed by atoms with van der Waals surface area (Å²) in [4.78, 5) is 10.4. The van der Waals surface area contributed by atoms with Gasteiger partial charge < -0.3 is 10.1 Å². The van der Waals surface area contributed by atoms with Crippen LogP contribution in [0.2, 0.25) is 0 Å². The fourth-order valence-corrected chi connectivity index (χ4v) is 2.55. The molecule has 0 saturated heterocycles. The normalized spacial score (nSPS) is 15.6. The Bertz CT molecular complexity index is 442. The standard InChI is InChI=1S/C14H20N2O3/c1-15-13-8-12(6-7-14(13)16(17)18)10-19-9-11-4-2-3-5-11/h6-8,11,15H,2-5,9-10H2,1H3. The van der Waals surface area contributed by atoms with Gasteiger partial charge in [0.1, 0.15) is 5.69 Å². The number of nitrogens with zero attached hydrogens (tertiary/aromatic N) is 1. The van der Waals surface area contributed by atoms with Gasteiger partial charge in [0.25, 0.3) is 5.69 Å². The predicted molar refractivity (Wildman–Crippen MR) is 74.3 cm³/mol. The van der Waals surface area contributed by atoms with Crippen molar-refractivity contribution < 1.29 is 9.66 Å². The smallest absolute Gasteiger partial charge is 0.292 e. The van der Waals surface area contributed by atoms with Crippen molar-refractivity contribution in [2.75, 3.05) is 19.0 Å². The summed E-state index contributed by atoms with van der Waals surface area (Å²) in [6, 6.07) is 5.07. The van der Waals surface area contributed by atoms with E-state index in [-0.39, 0.29) is 10.6 Å². The molecular formula is C14H20N2O3. The van der Waals surface area contributed by atoms with Crippen molar-refractivity contribution in [1.29, 1.82) is 0 Å². The van der Waals surface area contributed by atoms with Crippen LogP contribution in [0.3, 0.4) is 0 Å². The molecule has 0 aromatic heterocycles. The molecule has 104 valence electrons. The van der Waals surface area contributed by atoms with Gasteiger partial charge in [0.15, 0.2) is 0 Å². The highest BCUT2D eigenvalue weighted by molar-refractivity contribution is 5.62. The van der Waals surface area contributed by atoms with Crippen LogP contribution >= 0.6 is 0 Å². The van der Waals surface area contributed by atoms with Crippen LogP contribution in [0.4, 0.5) is 11.4 Å². The van der Waals surface area contributed by atoms with Gasteiger partial charge in [-0.25, -0.2) is 0 Å². The zero-order valence-corrected chi connectivity index (χ0v) is 11.2. The number of anilines is 1. The Morgan fingerprint density at radius 1 is 1.42 bits per heavy atom. The van der Waals surface area contributed by atoms with Crippen LogP contribution in [-0.4, -0.2) is 18.6 Å². The lowest BCUT2D eigenvalue weighted by Gasteiger charge is -2.10. The first-order valence-corrected chi connectivity index (χ1v) is 6.73. The largest absolute Gasteiger partial charge is 0.383 e. The van der Waals surface area contributed by atoms with Crippen molar-refractivity contribution in [2.45, 2.75) is 32.3 Å². The molecule has 1 saturated carbocycles. The monoisotopic (exact) mass is 264 g/mol. The molecule has 0 amide bonds. The molecule has 2 rings (SSSR count). The lowest BCUT2D eigenvalue weighted by Crippen LogP contribution is -2.06. The minimum atomic E-state index is -0.380. The van der Waals surface area contributed by atoms with E-state index in [0.29, 0.717) is 18.2 Å². The van der Waals surface area contributed by atoms with E-state index in [4.69, 9.17) is 4.74 Å². The Morgan fingerprint density at radius 3 is 2.79 bits per heavy atom. The van der Waals surface area contributed by atoms with Crippen molar-refractivity contribution in [3.05, 3.63) is 33.9 Å². The molecule has 0 spiro atoms. The van der Waals surface area contributed by atoms with E-state index in [0.717, 1.165) is 12.2 Å². The van der Waals surface area contributed by atoms with Crippen molar-refractivity contribution in [3.63, 3.8) is 0 Å². The van der Waals surface area contributed by atoms with Crippen LogP contribution in [0.1, 0.15) is 31.2 Å². The third-order valence-corrected chi connectivity index (χ3v) is 3.62. The molecule has 5 heteroatoms. The molecule has 5 nitrogen and oxygen atoms in total. The predicted octanol–water partition coefficient (Wildman–Crippen LogP) is 3.34. The average molecular weight is 264 g/mol. The molecule has 1 aliphatic rings. The summed E-state index contributed by atoms with van der Waals surface area (Å²) < 4.78 is 5.71. The molecular weight excluding hydrogens is 244 g/mol. The average Bonchev–Trinajstić information content (AvgIpc) is 2.91. The van der Waals surface area contributed by atoms with Gasteiger partial charge in [-0.2, -0.15) is 0 Å². The molecule has 0 aliphatic heterocycles. The van der Waals surface area contributed by atoms with E-state index < -0.39 is 0 Å². The van der Waals surface area contributed by atoms with Crippen LogP contribution < -0.4 is 5.32 Å². The molecule has 19 heavy (non-hydrogen) atoms. The molecule has 1 aromatic rings. The summed E-state index contributed by atoms with van der Waals surface area (Å²) in [7, 11) is 1.69. The van der Waals surface area contributed by atoms with Gasteiger partial charge in [0.2, 0.25) is 0 Å². The molecule has 1 fully saturated rings. The van der Waals surface area contributed by atoms with Gasteiger partial charge in [0.05, 0.1) is 11.5 Å². The summed E-state index contributed by atoms with van der Waals surface area (Å²) in [5, 5.41) is 13.7. The van der Waals surface area contributed by atoms with Gasteiger partial charge in [-0.15, -0.1) is 0 Å². The van der Waals surface area contributed by atoms with E-state index in [1.54, 1.807) is 19.2 Å². The number of hydrogen-bond acceptors (Lipinski definition) is 4. The van der Waals surface area contributed by atoms with Crippen LogP contribution in [0, 0.1) is 16.0 Å². The highest BCUT2D eigenvalue weighted by Gasteiger charge is 2.16. The first kappa shape index (κ1) is 13.8. The summed E-state index contributed by atoms with van der Waals surface area (Å²) in [5.74, 6) is 0.696. The number of ether oxygens (including phenoxy) is 1. The van der Waals surface area contributed by atoms with Gasteiger partial charge in [-0.1, -0.05) is 12.8 Å². The van der Waals surface area contributed by atoms with Crippen molar-refractivity contribution in [2.24, 2.45) is 5.92 Å². The zero-order chi connectivity index (χ0) is 13.7. The van der Waals surface area contributed by atoms with Crippen LogP contribution in [0.5, 0.6) is 0 Å². The third-order valence-electron chi connectivity index (χ3n) is 3.62. The maximum absolute atomic E-state index is 10.8. The van der Waals surface area contributed by atoms with Crippen molar-refractivity contribution in [1.82, 2.24) is 0 Å². The van der Waals surface area contributed by atoms with Crippen molar-refractivity contribution >= 4 is 11.4 Å². The number of nitro groups is 1. The highest BCUT2D eigenvalue weighted by atomic mass is 16.6. The Morgan fingerprint density at radius 2 is 2.16 bits per heavy atom. The fourth-order valence-electron chi connectivity index (χ4n) is 2.55. The number of nitrogens with one attached hydrogen (secondary N) is 1. The first-order valence-electron chi connectivity index (χ1n) is 6.73. The SMILES string of the molecule is CNc1cc(COCC2CCCC2)ccc1[N+](=O)[O-]. The van der Waals surface area contributed by atoms with Crippen LogP contribution in [0.15, 0.2) is 18.2 Å². The van der Waals surface area contributed by atoms with E-state index in [1.165, 1.54) is 31.7 Å². The Balaban J connectivity index is 1.91. The Hall–Kier alpha value is -1.62. The van der Waals surface area contributed by atoms with E-state index in [2.05, 4.69) is 5.32 Å². The second kappa shape index (κ2) is 6.52. The van der Waals surface area contributed by atoms with E-state index in [1.807, 2.05) is 0 Å². The molecule has 0 heterocycles. The molecule has 1 aromatic carbocycles. The highest BCUT2D eigenvalue weighted by Crippen LogP contribution is 2.27. The van der Waals surface area contributed by atoms with Gasteiger partial charge >= 0.3 is 0 Å². The molecule has 0 radical (unpaired) electrons. The summed E-state index contributed by atoms with van der Waals surface area (Å²) in [6.07, 6.45) is 5.16. The molecule has 0 atom stereocenters. The Labute approximate surface area is 113 Å². The lowest BCUT2D eigenvalue weighted by atomic mass is 10.1. The second-order valence-electron chi connectivity index (χ2n) is 5.02.